The van der Waals surface area contributed by atoms with Crippen LogP contribution in [-0.2, 0) is 16.1 Å². The van der Waals surface area contributed by atoms with E-state index >= 15 is 0 Å². The summed E-state index contributed by atoms with van der Waals surface area (Å²) in [5, 5.41) is 6.07. The highest BCUT2D eigenvalue weighted by Crippen LogP contribution is 2.10. The van der Waals surface area contributed by atoms with Crippen LogP contribution in [0.15, 0.2) is 30.3 Å². The molecule has 1 aliphatic rings. The Morgan fingerprint density at radius 3 is 2.65 bits per heavy atom. The number of rotatable bonds is 3. The van der Waals surface area contributed by atoms with Gasteiger partial charge in [-0.3, -0.25) is 9.69 Å². The van der Waals surface area contributed by atoms with Crippen molar-refractivity contribution in [3.05, 3.63) is 35.9 Å². The predicted octanol–water partition coefficient (Wildman–Crippen LogP) is 1.51. The standard InChI is InChI=1S/C17H25N3O3/c1-17(2,3)19-15(21)14-11-18-9-10-20(14)16(22)23-12-13-7-5-4-6-8-13/h4-8,14,18H,9-12H2,1-3H3,(H,19,21)/t14-/m0/s1. The Bertz CT molecular complexity index is 540. The molecule has 126 valence electrons. The Labute approximate surface area is 137 Å². The minimum atomic E-state index is -0.550. The maximum Gasteiger partial charge on any atom is 0.410 e. The molecule has 2 rings (SSSR count). The minimum absolute atomic E-state index is 0.165. The van der Waals surface area contributed by atoms with Crippen LogP contribution < -0.4 is 10.6 Å². The van der Waals surface area contributed by atoms with E-state index in [0.29, 0.717) is 19.6 Å². The first-order chi connectivity index (χ1) is 10.9. The van der Waals surface area contributed by atoms with Gasteiger partial charge in [0.2, 0.25) is 5.91 Å². The molecule has 0 unspecified atom stereocenters. The van der Waals surface area contributed by atoms with Gasteiger partial charge >= 0.3 is 6.09 Å². The van der Waals surface area contributed by atoms with Gasteiger partial charge in [0.1, 0.15) is 12.6 Å². The molecule has 23 heavy (non-hydrogen) atoms. The van der Waals surface area contributed by atoms with Crippen LogP contribution in [0.1, 0.15) is 26.3 Å². The van der Waals surface area contributed by atoms with Gasteiger partial charge in [0.15, 0.2) is 0 Å². The lowest BCUT2D eigenvalue weighted by Gasteiger charge is -2.36. The van der Waals surface area contributed by atoms with Crippen LogP contribution in [0.4, 0.5) is 4.79 Å². The molecule has 1 saturated heterocycles. The van der Waals surface area contributed by atoms with Crippen molar-refractivity contribution in [2.45, 2.75) is 39.0 Å². The smallest absolute Gasteiger partial charge is 0.410 e. The van der Waals surface area contributed by atoms with Crippen molar-refractivity contribution in [3.8, 4) is 0 Å². The average Bonchev–Trinajstić information content (AvgIpc) is 2.52. The second kappa shape index (κ2) is 7.46. The van der Waals surface area contributed by atoms with Crippen molar-refractivity contribution in [2.75, 3.05) is 19.6 Å². The monoisotopic (exact) mass is 319 g/mol. The third kappa shape index (κ3) is 5.25. The Kier molecular flexibility index (Phi) is 5.60. The Morgan fingerprint density at radius 1 is 1.30 bits per heavy atom. The molecule has 1 fully saturated rings. The SMILES string of the molecule is CC(C)(C)NC(=O)[C@@H]1CNCCN1C(=O)OCc1ccccc1. The molecule has 2 amide bonds. The average molecular weight is 319 g/mol. The number of hydrogen-bond donors (Lipinski definition) is 2. The molecule has 0 saturated carbocycles. The molecule has 6 nitrogen and oxygen atoms in total. The normalized spacial score (nSPS) is 18.4. The van der Waals surface area contributed by atoms with E-state index in [1.807, 2.05) is 51.1 Å². The summed E-state index contributed by atoms with van der Waals surface area (Å²) in [7, 11) is 0. The summed E-state index contributed by atoms with van der Waals surface area (Å²) in [6.07, 6.45) is -0.454. The van der Waals surface area contributed by atoms with Crippen LogP contribution in [0.5, 0.6) is 0 Å². The van der Waals surface area contributed by atoms with E-state index in [1.54, 1.807) is 0 Å². The number of piperazine rings is 1. The summed E-state index contributed by atoms with van der Waals surface area (Å²) < 4.78 is 5.36. The zero-order valence-corrected chi connectivity index (χ0v) is 14.0. The second-order valence-corrected chi connectivity index (χ2v) is 6.69. The zero-order valence-electron chi connectivity index (χ0n) is 14.0. The third-order valence-corrected chi connectivity index (χ3v) is 3.48. The van der Waals surface area contributed by atoms with Gasteiger partial charge in [-0.15, -0.1) is 0 Å². The molecule has 2 N–H and O–H groups in total. The highest BCUT2D eigenvalue weighted by Gasteiger charge is 2.34. The largest absolute Gasteiger partial charge is 0.445 e. The lowest BCUT2D eigenvalue weighted by atomic mass is 10.1. The fourth-order valence-corrected chi connectivity index (χ4v) is 2.41. The molecule has 1 aliphatic heterocycles. The first-order valence-electron chi connectivity index (χ1n) is 7.87. The third-order valence-electron chi connectivity index (χ3n) is 3.48. The van der Waals surface area contributed by atoms with E-state index in [-0.39, 0.29) is 18.1 Å². The van der Waals surface area contributed by atoms with Gasteiger partial charge in [-0.1, -0.05) is 30.3 Å². The van der Waals surface area contributed by atoms with Crippen LogP contribution in [-0.4, -0.2) is 48.1 Å². The molecular formula is C17H25N3O3. The number of carbonyl (C=O) groups excluding carboxylic acids is 2. The summed E-state index contributed by atoms with van der Waals surface area (Å²) in [5.74, 6) is -0.165. The second-order valence-electron chi connectivity index (χ2n) is 6.69. The zero-order chi connectivity index (χ0) is 16.9. The lowest BCUT2D eigenvalue weighted by Crippen LogP contribution is -2.61. The molecule has 1 aromatic rings. The first kappa shape index (κ1) is 17.3. The molecule has 0 radical (unpaired) electrons. The fourth-order valence-electron chi connectivity index (χ4n) is 2.41. The van der Waals surface area contributed by atoms with Crippen molar-refractivity contribution in [1.82, 2.24) is 15.5 Å². The number of hydrogen-bond acceptors (Lipinski definition) is 4. The number of ether oxygens (including phenoxy) is 1. The van der Waals surface area contributed by atoms with Gasteiger partial charge in [-0.05, 0) is 26.3 Å². The van der Waals surface area contributed by atoms with E-state index in [0.717, 1.165) is 5.56 Å². The highest BCUT2D eigenvalue weighted by molar-refractivity contribution is 5.86. The van der Waals surface area contributed by atoms with E-state index in [2.05, 4.69) is 10.6 Å². The summed E-state index contributed by atoms with van der Waals surface area (Å²) in [4.78, 5) is 26.3. The van der Waals surface area contributed by atoms with Gasteiger partial charge in [0, 0.05) is 25.2 Å². The Morgan fingerprint density at radius 2 is 2.00 bits per heavy atom. The molecule has 0 bridgehead atoms. The molecule has 6 heteroatoms. The maximum absolute atomic E-state index is 12.4. The summed E-state index contributed by atoms with van der Waals surface area (Å²) >= 11 is 0. The van der Waals surface area contributed by atoms with Crippen LogP contribution in [0.2, 0.25) is 0 Å². The summed E-state index contributed by atoms with van der Waals surface area (Å²) in [5.41, 5.74) is 0.584. The summed E-state index contributed by atoms with van der Waals surface area (Å²) in [6.45, 7) is 7.49. The molecule has 0 aromatic heterocycles. The summed E-state index contributed by atoms with van der Waals surface area (Å²) in [6, 6.07) is 8.95. The van der Waals surface area contributed by atoms with Crippen molar-refractivity contribution in [3.63, 3.8) is 0 Å². The van der Waals surface area contributed by atoms with Gasteiger partial charge in [-0.25, -0.2) is 4.79 Å². The van der Waals surface area contributed by atoms with Crippen LogP contribution in [0, 0.1) is 0 Å². The van der Waals surface area contributed by atoms with E-state index in [1.165, 1.54) is 4.90 Å². The lowest BCUT2D eigenvalue weighted by molar-refractivity contribution is -0.128. The molecule has 1 aromatic carbocycles. The van der Waals surface area contributed by atoms with E-state index in [4.69, 9.17) is 4.74 Å². The van der Waals surface area contributed by atoms with Crippen molar-refractivity contribution >= 4 is 12.0 Å². The first-order valence-corrected chi connectivity index (χ1v) is 7.87. The highest BCUT2D eigenvalue weighted by atomic mass is 16.6. The van der Waals surface area contributed by atoms with E-state index in [9.17, 15) is 9.59 Å². The van der Waals surface area contributed by atoms with Crippen molar-refractivity contribution in [1.29, 1.82) is 0 Å². The number of amides is 2. The molecule has 0 spiro atoms. The van der Waals surface area contributed by atoms with Gasteiger partial charge < -0.3 is 15.4 Å². The van der Waals surface area contributed by atoms with Crippen molar-refractivity contribution < 1.29 is 14.3 Å². The number of benzene rings is 1. The minimum Gasteiger partial charge on any atom is -0.445 e. The maximum atomic E-state index is 12.4. The van der Waals surface area contributed by atoms with Crippen molar-refractivity contribution in [2.24, 2.45) is 0 Å². The fraction of sp³-hybridized carbons (Fsp3) is 0.529. The van der Waals surface area contributed by atoms with Gasteiger partial charge in [0.05, 0.1) is 0 Å². The van der Waals surface area contributed by atoms with Crippen LogP contribution in [0.3, 0.4) is 0 Å². The van der Waals surface area contributed by atoms with Crippen LogP contribution in [0.25, 0.3) is 0 Å². The molecule has 0 aliphatic carbocycles. The van der Waals surface area contributed by atoms with Gasteiger partial charge in [-0.2, -0.15) is 0 Å². The molecular weight excluding hydrogens is 294 g/mol. The molecule has 1 heterocycles. The quantitative estimate of drug-likeness (QED) is 0.886. The topological polar surface area (TPSA) is 70.7 Å². The van der Waals surface area contributed by atoms with Crippen LogP contribution >= 0.6 is 0 Å². The number of carbonyl (C=O) groups is 2. The van der Waals surface area contributed by atoms with Gasteiger partial charge in [0.25, 0.3) is 0 Å². The number of nitrogens with zero attached hydrogens (tertiary/aromatic N) is 1. The molecule has 1 atom stereocenters. The van der Waals surface area contributed by atoms with E-state index < -0.39 is 12.1 Å². The Hall–Kier alpha value is -2.08. The number of nitrogens with one attached hydrogen (secondary N) is 2. The predicted molar refractivity (Wildman–Crippen MR) is 87.9 cm³/mol. The Balaban J connectivity index is 1.97.